The van der Waals surface area contributed by atoms with Crippen LogP contribution >= 0.6 is 11.6 Å². The summed E-state index contributed by atoms with van der Waals surface area (Å²) in [5.41, 5.74) is 2.88. The number of carbonyl (C=O) groups is 2. The normalized spacial score (nSPS) is 14.4. The zero-order chi connectivity index (χ0) is 23.6. The highest BCUT2D eigenvalue weighted by molar-refractivity contribution is 7.89. The molecule has 1 aliphatic heterocycles. The Morgan fingerprint density at radius 1 is 1.16 bits per heavy atom. The molecule has 2 amide bonds. The largest absolute Gasteiger partial charge is 0.324 e. The van der Waals surface area contributed by atoms with Crippen LogP contribution < -0.4 is 14.9 Å². The highest BCUT2D eigenvalue weighted by Crippen LogP contribution is 2.30. The molecule has 0 saturated heterocycles. The van der Waals surface area contributed by atoms with E-state index in [1.54, 1.807) is 35.2 Å². The van der Waals surface area contributed by atoms with E-state index in [0.29, 0.717) is 30.1 Å². The van der Waals surface area contributed by atoms with Crippen molar-refractivity contribution in [1.29, 1.82) is 0 Å². The van der Waals surface area contributed by atoms with E-state index >= 15 is 0 Å². The maximum Gasteiger partial charge on any atom is 0.242 e. The molecule has 7 nitrogen and oxygen atoms in total. The van der Waals surface area contributed by atoms with Crippen LogP contribution in [0.2, 0.25) is 5.02 Å². The van der Waals surface area contributed by atoms with Gasteiger partial charge in [-0.25, -0.2) is 8.42 Å². The molecular formula is C23H28ClN3O4S. The highest BCUT2D eigenvalue weighted by Gasteiger charge is 2.29. The summed E-state index contributed by atoms with van der Waals surface area (Å²) in [6.07, 6.45) is 0.913. The summed E-state index contributed by atoms with van der Waals surface area (Å²) in [5.74, 6) is -0.447. The molecule has 2 N–H and O–H groups in total. The quantitative estimate of drug-likeness (QED) is 0.632. The maximum absolute atomic E-state index is 13.1. The number of hydrogen-bond acceptors (Lipinski definition) is 4. The number of carbonyl (C=O) groups excluding carboxylic acids is 2. The molecule has 0 spiro atoms. The Balaban J connectivity index is 1.84. The van der Waals surface area contributed by atoms with Gasteiger partial charge in [-0.3, -0.25) is 9.59 Å². The Labute approximate surface area is 194 Å². The first-order valence-electron chi connectivity index (χ1n) is 10.5. The van der Waals surface area contributed by atoms with Crippen LogP contribution in [0, 0.1) is 12.8 Å². The third-order valence-electron chi connectivity index (χ3n) is 5.42. The van der Waals surface area contributed by atoms with E-state index in [9.17, 15) is 18.0 Å². The Kier molecular flexibility index (Phi) is 7.27. The van der Waals surface area contributed by atoms with Gasteiger partial charge in [0, 0.05) is 29.9 Å². The zero-order valence-corrected chi connectivity index (χ0v) is 20.2. The van der Waals surface area contributed by atoms with Gasteiger partial charge in [-0.15, -0.1) is 0 Å². The molecule has 1 atom stereocenters. The summed E-state index contributed by atoms with van der Waals surface area (Å²) >= 11 is 6.04. The predicted molar refractivity (Wildman–Crippen MR) is 127 cm³/mol. The lowest BCUT2D eigenvalue weighted by atomic mass is 10.0. The minimum atomic E-state index is -3.96. The van der Waals surface area contributed by atoms with Gasteiger partial charge in [0.1, 0.15) is 6.04 Å². The molecule has 0 saturated carbocycles. The summed E-state index contributed by atoms with van der Waals surface area (Å²) in [6, 6.07) is 8.87. The average Bonchev–Trinajstić information content (AvgIpc) is 3.13. The van der Waals surface area contributed by atoms with Crippen molar-refractivity contribution in [2.24, 2.45) is 5.92 Å². The van der Waals surface area contributed by atoms with Gasteiger partial charge < -0.3 is 10.2 Å². The fourth-order valence-corrected chi connectivity index (χ4v) is 5.19. The fraction of sp³-hybridized carbons (Fsp3) is 0.391. The van der Waals surface area contributed by atoms with E-state index in [0.717, 1.165) is 16.8 Å². The summed E-state index contributed by atoms with van der Waals surface area (Å²) < 4.78 is 28.8. The minimum absolute atomic E-state index is 0.0714. The van der Waals surface area contributed by atoms with Crippen molar-refractivity contribution in [3.8, 4) is 0 Å². The smallest absolute Gasteiger partial charge is 0.242 e. The molecule has 1 aliphatic rings. The van der Waals surface area contributed by atoms with Crippen molar-refractivity contribution >= 4 is 44.8 Å². The van der Waals surface area contributed by atoms with E-state index in [4.69, 9.17) is 11.6 Å². The number of aryl methyl sites for hydroxylation is 1. The number of rotatable bonds is 7. The first kappa shape index (κ1) is 24.2. The number of fused-ring (bicyclic) bond motifs is 1. The Bertz CT molecular complexity index is 1150. The second kappa shape index (κ2) is 9.60. The highest BCUT2D eigenvalue weighted by atomic mass is 35.5. The van der Waals surface area contributed by atoms with Crippen molar-refractivity contribution in [2.45, 2.75) is 51.5 Å². The lowest BCUT2D eigenvalue weighted by Gasteiger charge is -2.21. The Morgan fingerprint density at radius 3 is 2.53 bits per heavy atom. The van der Waals surface area contributed by atoms with E-state index in [1.165, 1.54) is 13.0 Å². The number of amides is 2. The molecule has 172 valence electrons. The maximum atomic E-state index is 13.1. The SMILES string of the molecule is CC(=O)N1CCc2cc(S(=O)(=O)NC(CC(C)C)C(=O)Nc3cc(Cl)ccc3C)ccc21. The molecule has 3 rings (SSSR count). The van der Waals surface area contributed by atoms with E-state index < -0.39 is 22.0 Å². The van der Waals surface area contributed by atoms with Crippen LogP contribution in [0.3, 0.4) is 0 Å². The molecule has 0 aromatic heterocycles. The second-order valence-electron chi connectivity index (χ2n) is 8.46. The number of anilines is 2. The van der Waals surface area contributed by atoms with Crippen LogP contribution in [0.4, 0.5) is 11.4 Å². The Morgan fingerprint density at radius 2 is 1.88 bits per heavy atom. The molecule has 2 aromatic rings. The molecule has 0 radical (unpaired) electrons. The first-order chi connectivity index (χ1) is 15.0. The zero-order valence-electron chi connectivity index (χ0n) is 18.6. The second-order valence-corrected chi connectivity index (χ2v) is 10.6. The molecular weight excluding hydrogens is 450 g/mol. The standard InChI is InChI=1S/C23H28ClN3O4S/c1-14(2)11-21(23(29)25-20-13-18(24)6-5-15(20)3)26-32(30,31)19-7-8-22-17(12-19)9-10-27(22)16(4)28/h5-8,12-14,21,26H,9-11H2,1-4H3,(H,25,29). The minimum Gasteiger partial charge on any atom is -0.324 e. The molecule has 2 aromatic carbocycles. The molecule has 1 heterocycles. The molecule has 0 fully saturated rings. The lowest BCUT2D eigenvalue weighted by Crippen LogP contribution is -2.44. The summed E-state index contributed by atoms with van der Waals surface area (Å²) in [5, 5.41) is 3.27. The van der Waals surface area contributed by atoms with E-state index in [-0.39, 0.29) is 16.7 Å². The lowest BCUT2D eigenvalue weighted by molar-refractivity contribution is -0.118. The molecule has 0 aliphatic carbocycles. The van der Waals surface area contributed by atoms with Gasteiger partial charge in [-0.05, 0) is 67.1 Å². The first-order valence-corrected chi connectivity index (χ1v) is 12.3. The van der Waals surface area contributed by atoms with E-state index in [2.05, 4.69) is 10.0 Å². The van der Waals surface area contributed by atoms with Crippen LogP contribution in [0.15, 0.2) is 41.3 Å². The number of hydrogen-bond donors (Lipinski definition) is 2. The van der Waals surface area contributed by atoms with Gasteiger partial charge >= 0.3 is 0 Å². The van der Waals surface area contributed by atoms with Crippen LogP contribution in [0.5, 0.6) is 0 Å². The van der Waals surface area contributed by atoms with Crippen LogP contribution in [-0.2, 0) is 26.0 Å². The Hall–Kier alpha value is -2.42. The number of benzene rings is 2. The van der Waals surface area contributed by atoms with Crippen molar-refractivity contribution < 1.29 is 18.0 Å². The molecule has 1 unspecified atom stereocenters. The van der Waals surface area contributed by atoms with Gasteiger partial charge in [0.05, 0.1) is 4.90 Å². The average molecular weight is 478 g/mol. The monoisotopic (exact) mass is 477 g/mol. The van der Waals surface area contributed by atoms with Crippen molar-refractivity contribution in [3.05, 3.63) is 52.5 Å². The van der Waals surface area contributed by atoms with Crippen molar-refractivity contribution in [3.63, 3.8) is 0 Å². The number of nitrogens with zero attached hydrogens (tertiary/aromatic N) is 1. The fourth-order valence-electron chi connectivity index (χ4n) is 3.76. The number of sulfonamides is 1. The van der Waals surface area contributed by atoms with Crippen LogP contribution in [-0.4, -0.2) is 32.8 Å². The topological polar surface area (TPSA) is 95.6 Å². The van der Waals surface area contributed by atoms with Gasteiger partial charge in [0.15, 0.2) is 0 Å². The van der Waals surface area contributed by atoms with Crippen molar-refractivity contribution in [2.75, 3.05) is 16.8 Å². The molecule has 32 heavy (non-hydrogen) atoms. The summed E-state index contributed by atoms with van der Waals surface area (Å²) in [7, 11) is -3.96. The third kappa shape index (κ3) is 5.49. The molecule has 0 bridgehead atoms. The summed E-state index contributed by atoms with van der Waals surface area (Å²) in [6.45, 7) is 7.69. The van der Waals surface area contributed by atoms with Gasteiger partial charge in [-0.2, -0.15) is 4.72 Å². The van der Waals surface area contributed by atoms with Gasteiger partial charge in [-0.1, -0.05) is 31.5 Å². The van der Waals surface area contributed by atoms with Crippen LogP contribution in [0.1, 0.15) is 38.3 Å². The molecule has 9 heteroatoms. The predicted octanol–water partition coefficient (Wildman–Crippen LogP) is 3.89. The van der Waals surface area contributed by atoms with Crippen LogP contribution in [0.25, 0.3) is 0 Å². The summed E-state index contributed by atoms with van der Waals surface area (Å²) in [4.78, 5) is 26.4. The van der Waals surface area contributed by atoms with Gasteiger partial charge in [0.2, 0.25) is 21.8 Å². The van der Waals surface area contributed by atoms with Gasteiger partial charge in [0.25, 0.3) is 0 Å². The third-order valence-corrected chi connectivity index (χ3v) is 7.12. The number of nitrogens with one attached hydrogen (secondary N) is 2. The van der Waals surface area contributed by atoms with Crippen molar-refractivity contribution in [1.82, 2.24) is 4.72 Å². The van der Waals surface area contributed by atoms with E-state index in [1.807, 2.05) is 20.8 Å². The number of halogens is 1.